The van der Waals surface area contributed by atoms with E-state index >= 15 is 0 Å². The number of hydrogen-bond donors (Lipinski definition) is 1. The normalized spacial score (nSPS) is 11.8. The molecule has 0 aromatic heterocycles. The molecule has 0 bridgehead atoms. The van der Waals surface area contributed by atoms with Crippen molar-refractivity contribution in [2.45, 2.75) is 45.6 Å². The summed E-state index contributed by atoms with van der Waals surface area (Å²) in [5, 5.41) is 5.26. The summed E-state index contributed by atoms with van der Waals surface area (Å²) in [6.07, 6.45) is 2.38. The fraction of sp³-hybridized carbons (Fsp3) is 0.333. The Bertz CT molecular complexity index is 995. The lowest BCUT2D eigenvalue weighted by Gasteiger charge is -2.30. The van der Waals surface area contributed by atoms with Gasteiger partial charge in [-0.25, -0.2) is 0 Å². The van der Waals surface area contributed by atoms with E-state index in [-0.39, 0.29) is 11.8 Å². The van der Waals surface area contributed by atoms with Gasteiger partial charge in [0.1, 0.15) is 6.04 Å². The summed E-state index contributed by atoms with van der Waals surface area (Å²) in [7, 11) is 0. The van der Waals surface area contributed by atoms with Crippen LogP contribution in [0.25, 0.3) is 10.8 Å². The van der Waals surface area contributed by atoms with E-state index in [4.69, 9.17) is 0 Å². The van der Waals surface area contributed by atoms with E-state index in [9.17, 15) is 9.59 Å². The van der Waals surface area contributed by atoms with Crippen LogP contribution in [0.3, 0.4) is 0 Å². The quantitative estimate of drug-likeness (QED) is 0.518. The minimum atomic E-state index is -0.441. The lowest BCUT2D eigenvalue weighted by atomic mass is 10.00. The Labute approximate surface area is 185 Å². The summed E-state index contributed by atoms with van der Waals surface area (Å²) >= 11 is 0. The Morgan fingerprint density at radius 3 is 2.32 bits per heavy atom. The summed E-state index contributed by atoms with van der Waals surface area (Å²) < 4.78 is 0. The summed E-state index contributed by atoms with van der Waals surface area (Å²) in [6, 6.07) is 24.1. The second kappa shape index (κ2) is 11.3. The molecular formula is C27H32N2O2. The number of aryl methyl sites for hydroxylation is 1. The molecule has 4 heteroatoms. The maximum Gasteiger partial charge on any atom is 0.242 e. The van der Waals surface area contributed by atoms with E-state index in [0.717, 1.165) is 6.42 Å². The molecule has 162 valence electrons. The van der Waals surface area contributed by atoms with Gasteiger partial charge in [0.2, 0.25) is 11.8 Å². The molecule has 0 saturated heterocycles. The monoisotopic (exact) mass is 416 g/mol. The average Bonchev–Trinajstić information content (AvgIpc) is 2.81. The second-order valence-electron chi connectivity index (χ2n) is 7.78. The molecule has 0 spiro atoms. The van der Waals surface area contributed by atoms with Crippen LogP contribution in [-0.4, -0.2) is 35.8 Å². The Balaban J connectivity index is 1.76. The third-order valence-electron chi connectivity index (χ3n) is 5.71. The zero-order valence-corrected chi connectivity index (χ0v) is 18.5. The van der Waals surface area contributed by atoms with E-state index in [1.165, 1.54) is 21.9 Å². The second-order valence-corrected chi connectivity index (χ2v) is 7.78. The Morgan fingerprint density at radius 1 is 0.871 bits per heavy atom. The van der Waals surface area contributed by atoms with Crippen LogP contribution < -0.4 is 5.32 Å². The predicted octanol–water partition coefficient (Wildman–Crippen LogP) is 4.76. The molecule has 2 amide bonds. The highest BCUT2D eigenvalue weighted by Gasteiger charge is 2.27. The molecule has 1 atom stereocenters. The Morgan fingerprint density at radius 2 is 1.58 bits per heavy atom. The third kappa shape index (κ3) is 5.94. The number of carbonyl (C=O) groups excluding carboxylic acids is 2. The summed E-state index contributed by atoms with van der Waals surface area (Å²) in [5.41, 5.74) is 2.33. The molecule has 0 aliphatic rings. The average molecular weight is 417 g/mol. The minimum absolute atomic E-state index is 0.0296. The zero-order valence-electron chi connectivity index (χ0n) is 18.5. The fourth-order valence-corrected chi connectivity index (χ4v) is 4.08. The van der Waals surface area contributed by atoms with Crippen molar-refractivity contribution in [2.24, 2.45) is 0 Å². The maximum atomic E-state index is 13.3. The van der Waals surface area contributed by atoms with Crippen molar-refractivity contribution >= 4 is 22.6 Å². The zero-order chi connectivity index (χ0) is 22.1. The van der Waals surface area contributed by atoms with Crippen molar-refractivity contribution < 1.29 is 9.59 Å². The topological polar surface area (TPSA) is 49.4 Å². The van der Waals surface area contributed by atoms with Crippen molar-refractivity contribution in [3.63, 3.8) is 0 Å². The van der Waals surface area contributed by atoms with E-state index in [2.05, 4.69) is 41.7 Å². The highest BCUT2D eigenvalue weighted by atomic mass is 16.2. The Kier molecular flexibility index (Phi) is 8.22. The van der Waals surface area contributed by atoms with Gasteiger partial charge in [0.25, 0.3) is 0 Å². The van der Waals surface area contributed by atoms with Gasteiger partial charge in [0.15, 0.2) is 0 Å². The third-order valence-corrected chi connectivity index (χ3v) is 5.71. The molecule has 3 aromatic carbocycles. The molecule has 31 heavy (non-hydrogen) atoms. The molecule has 0 aliphatic carbocycles. The minimum Gasteiger partial charge on any atom is -0.355 e. The van der Waals surface area contributed by atoms with Crippen molar-refractivity contribution in [3.05, 3.63) is 83.9 Å². The van der Waals surface area contributed by atoms with E-state index in [1.54, 1.807) is 4.90 Å². The van der Waals surface area contributed by atoms with Gasteiger partial charge in [-0.3, -0.25) is 9.59 Å². The van der Waals surface area contributed by atoms with Crippen molar-refractivity contribution in [2.75, 3.05) is 13.1 Å². The standard InChI is InChI=1S/C27H32N2O2/c1-3-25(27(31)28-4-2)29(20-19-21-11-6-5-7-12-21)26(30)18-17-23-15-10-14-22-13-8-9-16-24(22)23/h5-16,25H,3-4,17-20H2,1-2H3,(H,28,31). The van der Waals surface area contributed by atoms with Crippen molar-refractivity contribution in [1.82, 2.24) is 10.2 Å². The van der Waals surface area contributed by atoms with Gasteiger partial charge in [-0.2, -0.15) is 0 Å². The van der Waals surface area contributed by atoms with Gasteiger partial charge in [0, 0.05) is 19.5 Å². The van der Waals surface area contributed by atoms with E-state index < -0.39 is 6.04 Å². The number of nitrogens with zero attached hydrogens (tertiary/aromatic N) is 1. The van der Waals surface area contributed by atoms with Gasteiger partial charge < -0.3 is 10.2 Å². The van der Waals surface area contributed by atoms with Gasteiger partial charge in [0.05, 0.1) is 0 Å². The smallest absolute Gasteiger partial charge is 0.242 e. The van der Waals surface area contributed by atoms with Crippen LogP contribution in [0.2, 0.25) is 0 Å². The largest absolute Gasteiger partial charge is 0.355 e. The molecule has 0 radical (unpaired) electrons. The predicted molar refractivity (Wildman–Crippen MR) is 127 cm³/mol. The molecule has 0 saturated carbocycles. The number of fused-ring (bicyclic) bond motifs is 1. The highest BCUT2D eigenvalue weighted by molar-refractivity contribution is 5.89. The van der Waals surface area contributed by atoms with Crippen LogP contribution in [0.4, 0.5) is 0 Å². The SMILES string of the molecule is CCNC(=O)C(CC)N(CCc1ccccc1)C(=O)CCc1cccc2ccccc12. The number of amides is 2. The first-order chi connectivity index (χ1) is 15.1. The van der Waals surface area contributed by atoms with Crippen LogP contribution in [0.15, 0.2) is 72.8 Å². The summed E-state index contributed by atoms with van der Waals surface area (Å²) in [5.74, 6) is -0.0430. The van der Waals surface area contributed by atoms with Crippen LogP contribution in [0.5, 0.6) is 0 Å². The molecule has 1 unspecified atom stereocenters. The van der Waals surface area contributed by atoms with E-state index in [0.29, 0.717) is 32.4 Å². The molecular weight excluding hydrogens is 384 g/mol. The Hall–Kier alpha value is -3.14. The van der Waals surface area contributed by atoms with Crippen molar-refractivity contribution in [1.29, 1.82) is 0 Å². The number of rotatable bonds is 10. The van der Waals surface area contributed by atoms with Gasteiger partial charge in [-0.05, 0) is 48.1 Å². The number of nitrogens with one attached hydrogen (secondary N) is 1. The van der Waals surface area contributed by atoms with Crippen LogP contribution in [-0.2, 0) is 22.4 Å². The first-order valence-electron chi connectivity index (χ1n) is 11.2. The van der Waals surface area contributed by atoms with Crippen molar-refractivity contribution in [3.8, 4) is 0 Å². The molecule has 0 fully saturated rings. The van der Waals surface area contributed by atoms with Crippen LogP contribution >= 0.6 is 0 Å². The van der Waals surface area contributed by atoms with Gasteiger partial charge in [-0.1, -0.05) is 79.7 Å². The van der Waals surface area contributed by atoms with E-state index in [1.807, 2.05) is 50.2 Å². The van der Waals surface area contributed by atoms with Gasteiger partial charge in [-0.15, -0.1) is 0 Å². The number of carbonyl (C=O) groups is 2. The first kappa shape index (κ1) is 22.5. The lowest BCUT2D eigenvalue weighted by Crippen LogP contribution is -2.50. The fourth-order valence-electron chi connectivity index (χ4n) is 4.08. The molecule has 1 N–H and O–H groups in total. The number of benzene rings is 3. The molecule has 0 heterocycles. The highest BCUT2D eigenvalue weighted by Crippen LogP contribution is 2.20. The lowest BCUT2D eigenvalue weighted by molar-refractivity contribution is -0.140. The molecule has 3 aromatic rings. The summed E-state index contributed by atoms with van der Waals surface area (Å²) in [6.45, 7) is 4.97. The van der Waals surface area contributed by atoms with Crippen LogP contribution in [0, 0.1) is 0 Å². The molecule has 0 aliphatic heterocycles. The number of likely N-dealkylation sites (N-methyl/N-ethyl adjacent to an activating group) is 1. The molecule has 4 nitrogen and oxygen atoms in total. The maximum absolute atomic E-state index is 13.3. The van der Waals surface area contributed by atoms with Crippen LogP contribution in [0.1, 0.15) is 37.8 Å². The van der Waals surface area contributed by atoms with Gasteiger partial charge >= 0.3 is 0 Å². The molecule has 3 rings (SSSR count). The first-order valence-corrected chi connectivity index (χ1v) is 11.2. The summed E-state index contributed by atoms with van der Waals surface area (Å²) in [4.78, 5) is 27.8. The number of hydrogen-bond acceptors (Lipinski definition) is 2.